The van der Waals surface area contributed by atoms with Crippen molar-refractivity contribution in [2.75, 3.05) is 18.8 Å². The third kappa shape index (κ3) is 1.61. The molecule has 6 heteroatoms. The molecule has 0 amide bonds. The van der Waals surface area contributed by atoms with Crippen LogP contribution in [0.25, 0.3) is 5.78 Å². The molecule has 16 heavy (non-hydrogen) atoms. The van der Waals surface area contributed by atoms with Crippen molar-refractivity contribution in [2.45, 2.75) is 18.8 Å². The van der Waals surface area contributed by atoms with Gasteiger partial charge in [-0.15, -0.1) is 5.10 Å². The van der Waals surface area contributed by atoms with Gasteiger partial charge in [0.1, 0.15) is 0 Å². The van der Waals surface area contributed by atoms with E-state index in [4.69, 9.17) is 5.73 Å². The minimum absolute atomic E-state index is 0.448. The number of aromatic nitrogens is 4. The number of anilines is 1. The third-order valence-corrected chi connectivity index (χ3v) is 2.93. The van der Waals surface area contributed by atoms with E-state index in [0.717, 1.165) is 31.8 Å². The van der Waals surface area contributed by atoms with E-state index in [2.05, 4.69) is 20.4 Å². The van der Waals surface area contributed by atoms with Gasteiger partial charge in [-0.25, -0.2) is 9.50 Å². The lowest BCUT2D eigenvalue weighted by molar-refractivity contribution is 0.445. The van der Waals surface area contributed by atoms with Crippen molar-refractivity contribution >= 4 is 11.5 Å². The predicted molar refractivity (Wildman–Crippen MR) is 60.0 cm³/mol. The number of nitrogens with zero attached hydrogens (tertiary/aromatic N) is 4. The molecule has 3 heterocycles. The zero-order valence-corrected chi connectivity index (χ0v) is 8.93. The molecule has 0 bridgehead atoms. The van der Waals surface area contributed by atoms with Gasteiger partial charge in [0.2, 0.25) is 0 Å². The van der Waals surface area contributed by atoms with Crippen molar-refractivity contribution in [1.29, 1.82) is 0 Å². The molecule has 1 aliphatic rings. The van der Waals surface area contributed by atoms with Gasteiger partial charge in [-0.3, -0.25) is 0 Å². The third-order valence-electron chi connectivity index (χ3n) is 2.93. The van der Waals surface area contributed by atoms with Crippen molar-refractivity contribution in [3.8, 4) is 0 Å². The van der Waals surface area contributed by atoms with Crippen LogP contribution in [0.2, 0.25) is 0 Å². The Kier molecular flexibility index (Phi) is 2.21. The number of nitrogen functional groups attached to an aromatic ring is 1. The van der Waals surface area contributed by atoms with Crippen molar-refractivity contribution in [3.63, 3.8) is 0 Å². The van der Waals surface area contributed by atoms with Gasteiger partial charge in [0.05, 0.1) is 18.1 Å². The summed E-state index contributed by atoms with van der Waals surface area (Å²) in [4.78, 5) is 8.58. The van der Waals surface area contributed by atoms with E-state index < -0.39 is 0 Å². The lowest BCUT2D eigenvalue weighted by Gasteiger charge is -2.19. The molecule has 0 radical (unpaired) electrons. The number of nitrogens with one attached hydrogen (secondary N) is 1. The zero-order chi connectivity index (χ0) is 11.0. The molecule has 3 N–H and O–H groups in total. The van der Waals surface area contributed by atoms with Crippen LogP contribution in [0.1, 0.15) is 24.6 Å². The lowest BCUT2D eigenvalue weighted by atomic mass is 9.98. The summed E-state index contributed by atoms with van der Waals surface area (Å²) in [6.45, 7) is 2.07. The average molecular weight is 218 g/mol. The highest BCUT2D eigenvalue weighted by Crippen LogP contribution is 2.22. The van der Waals surface area contributed by atoms with Crippen LogP contribution in [0, 0.1) is 0 Å². The van der Waals surface area contributed by atoms with E-state index in [1.165, 1.54) is 0 Å². The highest BCUT2D eigenvalue weighted by Gasteiger charge is 2.19. The summed E-state index contributed by atoms with van der Waals surface area (Å²) in [5, 5.41) is 7.76. The molecule has 2 aromatic heterocycles. The molecule has 3 rings (SSSR count). The van der Waals surface area contributed by atoms with E-state index in [9.17, 15) is 0 Å². The quantitative estimate of drug-likeness (QED) is 0.713. The number of nitrogens with two attached hydrogens (primary N) is 1. The number of rotatable bonds is 1. The molecule has 6 nitrogen and oxygen atoms in total. The van der Waals surface area contributed by atoms with Crippen molar-refractivity contribution in [2.24, 2.45) is 0 Å². The summed E-state index contributed by atoms with van der Waals surface area (Å²) < 4.78 is 1.66. The second kappa shape index (κ2) is 3.71. The Balaban J connectivity index is 1.97. The maximum Gasteiger partial charge on any atom is 0.252 e. The maximum atomic E-state index is 5.65. The van der Waals surface area contributed by atoms with Gasteiger partial charge in [-0.2, -0.15) is 4.98 Å². The molecule has 0 aliphatic carbocycles. The molecule has 0 saturated carbocycles. The van der Waals surface area contributed by atoms with E-state index in [0.29, 0.717) is 17.4 Å². The minimum Gasteiger partial charge on any atom is -0.396 e. The van der Waals surface area contributed by atoms with Crippen LogP contribution in [0.5, 0.6) is 0 Å². The Hall–Kier alpha value is -1.69. The van der Waals surface area contributed by atoms with Crippen molar-refractivity contribution in [1.82, 2.24) is 24.9 Å². The Labute approximate surface area is 92.9 Å². The molecule has 0 atom stereocenters. The molecule has 0 aromatic carbocycles. The van der Waals surface area contributed by atoms with E-state index in [1.807, 2.05) is 0 Å². The summed E-state index contributed by atoms with van der Waals surface area (Å²) in [5.74, 6) is 1.96. The monoisotopic (exact) mass is 218 g/mol. The number of hydrogen-bond donors (Lipinski definition) is 2. The maximum absolute atomic E-state index is 5.65. The van der Waals surface area contributed by atoms with Crippen LogP contribution in [0.3, 0.4) is 0 Å². The fourth-order valence-electron chi connectivity index (χ4n) is 2.07. The SMILES string of the molecule is Nc1cnc2nc(C3CCNCC3)nn2c1. The van der Waals surface area contributed by atoms with Gasteiger partial charge in [0, 0.05) is 5.92 Å². The van der Waals surface area contributed by atoms with E-state index >= 15 is 0 Å². The molecule has 1 fully saturated rings. The molecule has 84 valence electrons. The second-order valence-corrected chi connectivity index (χ2v) is 4.13. The first-order valence-electron chi connectivity index (χ1n) is 5.51. The summed E-state index contributed by atoms with van der Waals surface area (Å²) in [6, 6.07) is 0. The first kappa shape index (κ1) is 9.53. The van der Waals surface area contributed by atoms with Gasteiger partial charge < -0.3 is 11.1 Å². The molecule has 0 unspecified atom stereocenters. The topological polar surface area (TPSA) is 81.1 Å². The molecular weight excluding hydrogens is 204 g/mol. The van der Waals surface area contributed by atoms with Gasteiger partial charge in [0.25, 0.3) is 5.78 Å². The van der Waals surface area contributed by atoms with Crippen molar-refractivity contribution in [3.05, 3.63) is 18.2 Å². The molecule has 0 spiro atoms. The molecular formula is C10H14N6. The minimum atomic E-state index is 0.448. The number of fused-ring (bicyclic) bond motifs is 1. The van der Waals surface area contributed by atoms with Gasteiger partial charge in [-0.05, 0) is 25.9 Å². The Morgan fingerprint density at radius 2 is 2.19 bits per heavy atom. The van der Waals surface area contributed by atoms with Crippen molar-refractivity contribution < 1.29 is 0 Å². The lowest BCUT2D eigenvalue weighted by Crippen LogP contribution is -2.27. The average Bonchev–Trinajstić information content (AvgIpc) is 2.73. The van der Waals surface area contributed by atoms with Gasteiger partial charge >= 0.3 is 0 Å². The molecule has 1 aliphatic heterocycles. The van der Waals surface area contributed by atoms with Gasteiger partial charge in [0.15, 0.2) is 5.82 Å². The Bertz CT molecular complexity index is 499. The predicted octanol–water partition coefficient (Wildman–Crippen LogP) is 0.173. The van der Waals surface area contributed by atoms with Crippen LogP contribution in [0.15, 0.2) is 12.4 Å². The van der Waals surface area contributed by atoms with Crippen LogP contribution in [-0.4, -0.2) is 32.7 Å². The summed E-state index contributed by atoms with van der Waals surface area (Å²) >= 11 is 0. The smallest absolute Gasteiger partial charge is 0.252 e. The summed E-state index contributed by atoms with van der Waals surface area (Å²) in [7, 11) is 0. The zero-order valence-electron chi connectivity index (χ0n) is 8.93. The van der Waals surface area contributed by atoms with Crippen LogP contribution >= 0.6 is 0 Å². The Morgan fingerprint density at radius 3 is 3.00 bits per heavy atom. The summed E-state index contributed by atoms with van der Waals surface area (Å²) in [6.07, 6.45) is 5.54. The first-order valence-corrected chi connectivity index (χ1v) is 5.51. The fourth-order valence-corrected chi connectivity index (χ4v) is 2.07. The van der Waals surface area contributed by atoms with Crippen LogP contribution in [-0.2, 0) is 0 Å². The number of piperidine rings is 1. The largest absolute Gasteiger partial charge is 0.396 e. The standard InChI is InChI=1S/C10H14N6/c11-8-5-13-10-14-9(15-16(10)6-8)7-1-3-12-4-2-7/h5-7,12H,1-4,11H2. The van der Waals surface area contributed by atoms with E-state index in [-0.39, 0.29) is 0 Å². The molecule has 2 aromatic rings. The fraction of sp³-hybridized carbons (Fsp3) is 0.500. The van der Waals surface area contributed by atoms with E-state index in [1.54, 1.807) is 16.9 Å². The van der Waals surface area contributed by atoms with Crippen LogP contribution in [0.4, 0.5) is 5.69 Å². The molecule has 1 saturated heterocycles. The first-order chi connectivity index (χ1) is 7.83. The Morgan fingerprint density at radius 1 is 1.38 bits per heavy atom. The highest BCUT2D eigenvalue weighted by atomic mass is 15.3. The van der Waals surface area contributed by atoms with Gasteiger partial charge in [-0.1, -0.05) is 0 Å². The summed E-state index contributed by atoms with van der Waals surface area (Å²) in [5.41, 5.74) is 6.26. The number of hydrogen-bond acceptors (Lipinski definition) is 5. The highest BCUT2D eigenvalue weighted by molar-refractivity contribution is 5.38. The normalized spacial score (nSPS) is 18.0. The van der Waals surface area contributed by atoms with Crippen LogP contribution < -0.4 is 11.1 Å². The second-order valence-electron chi connectivity index (χ2n) is 4.13.